The smallest absolute Gasteiger partial charge is 0.0760 e. The lowest BCUT2D eigenvalue weighted by Crippen LogP contribution is -2.34. The minimum atomic E-state index is -0.392. The zero-order chi connectivity index (χ0) is 12.3. The third-order valence-electron chi connectivity index (χ3n) is 3.93. The van der Waals surface area contributed by atoms with Gasteiger partial charge in [-0.05, 0) is 31.2 Å². The Morgan fingerprint density at radius 3 is 2.50 bits per heavy atom. The summed E-state index contributed by atoms with van der Waals surface area (Å²) in [4.78, 5) is 0. The Balaban J connectivity index is 0.00000162. The standard InChI is InChI=1S/C15H23NO.ClH/c1-11-6-5-9-13(10-11)14(16)15(17)12-7-3-2-4-8-12;/h5-6,9-10,12,14-15,17H,2-4,7-8,16H2,1H3;1H/t14-,15+;/m1./s1. The summed E-state index contributed by atoms with van der Waals surface area (Å²) >= 11 is 0. The number of benzene rings is 1. The van der Waals surface area contributed by atoms with Gasteiger partial charge in [0.1, 0.15) is 0 Å². The average Bonchev–Trinajstić information content (AvgIpc) is 2.38. The molecule has 0 unspecified atom stereocenters. The predicted molar refractivity (Wildman–Crippen MR) is 77.9 cm³/mol. The lowest BCUT2D eigenvalue weighted by atomic mass is 9.81. The van der Waals surface area contributed by atoms with E-state index in [0.717, 1.165) is 18.4 Å². The van der Waals surface area contributed by atoms with Gasteiger partial charge in [-0.2, -0.15) is 0 Å². The van der Waals surface area contributed by atoms with Gasteiger partial charge in [0.05, 0.1) is 12.1 Å². The summed E-state index contributed by atoms with van der Waals surface area (Å²) in [5, 5.41) is 10.4. The van der Waals surface area contributed by atoms with Gasteiger partial charge in [-0.15, -0.1) is 12.4 Å². The van der Waals surface area contributed by atoms with E-state index in [1.807, 2.05) is 12.1 Å². The second-order valence-electron chi connectivity index (χ2n) is 5.33. The van der Waals surface area contributed by atoms with Crippen LogP contribution < -0.4 is 5.73 Å². The average molecular weight is 270 g/mol. The highest BCUT2D eigenvalue weighted by molar-refractivity contribution is 5.85. The van der Waals surface area contributed by atoms with Crippen LogP contribution in [-0.4, -0.2) is 11.2 Å². The fourth-order valence-electron chi connectivity index (χ4n) is 2.84. The van der Waals surface area contributed by atoms with E-state index in [1.165, 1.54) is 24.8 Å². The van der Waals surface area contributed by atoms with Crippen LogP contribution in [0.3, 0.4) is 0 Å². The van der Waals surface area contributed by atoms with Crippen molar-refractivity contribution >= 4 is 12.4 Å². The maximum absolute atomic E-state index is 10.4. The molecule has 1 saturated carbocycles. The topological polar surface area (TPSA) is 46.2 Å². The molecule has 102 valence electrons. The van der Waals surface area contributed by atoms with E-state index in [4.69, 9.17) is 5.73 Å². The van der Waals surface area contributed by atoms with Gasteiger partial charge >= 0.3 is 0 Å². The van der Waals surface area contributed by atoms with Crippen LogP contribution in [0.15, 0.2) is 24.3 Å². The molecule has 0 saturated heterocycles. The molecular formula is C15H24ClNO. The van der Waals surface area contributed by atoms with Gasteiger partial charge in [0.2, 0.25) is 0 Å². The monoisotopic (exact) mass is 269 g/mol. The number of halogens is 1. The summed E-state index contributed by atoms with van der Waals surface area (Å²) < 4.78 is 0. The molecule has 0 aromatic heterocycles. The zero-order valence-electron chi connectivity index (χ0n) is 11.0. The minimum Gasteiger partial charge on any atom is -0.391 e. The van der Waals surface area contributed by atoms with Crippen LogP contribution in [0.5, 0.6) is 0 Å². The van der Waals surface area contributed by atoms with Crippen LogP contribution in [-0.2, 0) is 0 Å². The number of rotatable bonds is 3. The molecule has 2 rings (SSSR count). The molecule has 3 heteroatoms. The SMILES string of the molecule is Cc1cccc([C@@H](N)[C@@H](O)C2CCCCC2)c1.Cl. The Labute approximate surface area is 116 Å². The molecule has 0 heterocycles. The maximum Gasteiger partial charge on any atom is 0.0760 e. The van der Waals surface area contributed by atoms with Crippen LogP contribution in [0.1, 0.15) is 49.3 Å². The fraction of sp³-hybridized carbons (Fsp3) is 0.600. The van der Waals surface area contributed by atoms with E-state index in [1.54, 1.807) is 0 Å². The van der Waals surface area contributed by atoms with Gasteiger partial charge < -0.3 is 10.8 Å². The summed E-state index contributed by atoms with van der Waals surface area (Å²) in [6.45, 7) is 2.06. The van der Waals surface area contributed by atoms with Crippen molar-refractivity contribution in [2.24, 2.45) is 11.7 Å². The Morgan fingerprint density at radius 2 is 1.89 bits per heavy atom. The summed E-state index contributed by atoms with van der Waals surface area (Å²) in [5.41, 5.74) is 8.45. The molecule has 0 radical (unpaired) electrons. The second kappa shape index (κ2) is 7.13. The van der Waals surface area contributed by atoms with Crippen LogP contribution in [0.25, 0.3) is 0 Å². The maximum atomic E-state index is 10.4. The number of hydrogen-bond acceptors (Lipinski definition) is 2. The molecule has 1 fully saturated rings. The molecule has 1 aliphatic rings. The van der Waals surface area contributed by atoms with Crippen molar-refractivity contribution in [2.75, 3.05) is 0 Å². The van der Waals surface area contributed by atoms with E-state index in [9.17, 15) is 5.11 Å². The van der Waals surface area contributed by atoms with Gasteiger partial charge in [0, 0.05) is 0 Å². The van der Waals surface area contributed by atoms with E-state index in [-0.39, 0.29) is 18.4 Å². The van der Waals surface area contributed by atoms with Crippen molar-refractivity contribution < 1.29 is 5.11 Å². The van der Waals surface area contributed by atoms with E-state index >= 15 is 0 Å². The summed E-state index contributed by atoms with van der Waals surface area (Å²) in [7, 11) is 0. The van der Waals surface area contributed by atoms with Crippen molar-refractivity contribution in [3.63, 3.8) is 0 Å². The third kappa shape index (κ3) is 3.71. The van der Waals surface area contributed by atoms with Crippen molar-refractivity contribution in [3.8, 4) is 0 Å². The fourth-order valence-corrected chi connectivity index (χ4v) is 2.84. The first-order chi connectivity index (χ1) is 8.18. The number of hydrogen-bond donors (Lipinski definition) is 2. The van der Waals surface area contributed by atoms with Gasteiger partial charge in [0.25, 0.3) is 0 Å². The third-order valence-corrected chi connectivity index (χ3v) is 3.93. The first-order valence-corrected chi connectivity index (χ1v) is 6.68. The first kappa shape index (κ1) is 15.5. The number of aliphatic hydroxyl groups is 1. The number of aryl methyl sites for hydroxylation is 1. The van der Waals surface area contributed by atoms with E-state index < -0.39 is 6.10 Å². The zero-order valence-corrected chi connectivity index (χ0v) is 11.8. The van der Waals surface area contributed by atoms with Crippen LogP contribution in [0, 0.1) is 12.8 Å². The molecule has 18 heavy (non-hydrogen) atoms. The Kier molecular flexibility index (Phi) is 6.13. The van der Waals surface area contributed by atoms with Crippen LogP contribution in [0.2, 0.25) is 0 Å². The lowest BCUT2D eigenvalue weighted by Gasteiger charge is -2.30. The van der Waals surface area contributed by atoms with Crippen LogP contribution >= 0.6 is 12.4 Å². The molecule has 0 bridgehead atoms. The molecule has 3 N–H and O–H groups in total. The molecule has 2 atom stereocenters. The molecule has 2 nitrogen and oxygen atoms in total. The number of aliphatic hydroxyl groups excluding tert-OH is 1. The summed E-state index contributed by atoms with van der Waals surface area (Å²) in [5.74, 6) is 0.388. The minimum absolute atomic E-state index is 0. The lowest BCUT2D eigenvalue weighted by molar-refractivity contribution is 0.0618. The summed E-state index contributed by atoms with van der Waals surface area (Å²) in [6.07, 6.45) is 5.64. The molecule has 1 aromatic rings. The Bertz CT molecular complexity index is 363. The van der Waals surface area contributed by atoms with E-state index in [2.05, 4.69) is 19.1 Å². The van der Waals surface area contributed by atoms with Gasteiger partial charge in [0.15, 0.2) is 0 Å². The van der Waals surface area contributed by atoms with Crippen molar-refractivity contribution in [3.05, 3.63) is 35.4 Å². The molecule has 0 aliphatic heterocycles. The first-order valence-electron chi connectivity index (χ1n) is 6.68. The number of nitrogens with two attached hydrogens (primary N) is 1. The quantitative estimate of drug-likeness (QED) is 0.884. The summed E-state index contributed by atoms with van der Waals surface area (Å²) in [6, 6.07) is 7.93. The van der Waals surface area contributed by atoms with E-state index in [0.29, 0.717) is 5.92 Å². The predicted octanol–water partition coefficient (Wildman–Crippen LogP) is 3.36. The Morgan fingerprint density at radius 1 is 1.22 bits per heavy atom. The van der Waals surface area contributed by atoms with Crippen molar-refractivity contribution in [1.82, 2.24) is 0 Å². The normalized spacial score (nSPS) is 19.9. The second-order valence-corrected chi connectivity index (χ2v) is 5.33. The van der Waals surface area contributed by atoms with Gasteiger partial charge in [-0.1, -0.05) is 49.1 Å². The molecule has 0 spiro atoms. The van der Waals surface area contributed by atoms with Gasteiger partial charge in [-0.25, -0.2) is 0 Å². The highest BCUT2D eigenvalue weighted by atomic mass is 35.5. The molecule has 1 aliphatic carbocycles. The highest BCUT2D eigenvalue weighted by Crippen LogP contribution is 2.31. The molecule has 1 aromatic carbocycles. The molecular weight excluding hydrogens is 246 g/mol. The van der Waals surface area contributed by atoms with Crippen molar-refractivity contribution in [1.29, 1.82) is 0 Å². The van der Waals surface area contributed by atoms with Crippen LogP contribution in [0.4, 0.5) is 0 Å². The Hall–Kier alpha value is -0.570. The molecule has 0 amide bonds. The highest BCUT2D eigenvalue weighted by Gasteiger charge is 2.27. The largest absolute Gasteiger partial charge is 0.391 e. The van der Waals surface area contributed by atoms with Crippen molar-refractivity contribution in [2.45, 2.75) is 51.2 Å². The van der Waals surface area contributed by atoms with Gasteiger partial charge in [-0.3, -0.25) is 0 Å².